The Bertz CT molecular complexity index is 870. The Hall–Kier alpha value is -1.80. The first kappa shape index (κ1) is 17.6. The lowest BCUT2D eigenvalue weighted by Gasteiger charge is -2.25. The largest absolute Gasteiger partial charge is 0.385 e. The van der Waals surface area contributed by atoms with E-state index in [0.29, 0.717) is 34.4 Å². The van der Waals surface area contributed by atoms with E-state index < -0.39 is 11.4 Å². The third-order valence-electron chi connectivity index (χ3n) is 6.03. The molecule has 2 fully saturated rings. The number of aliphatic hydroxyl groups is 1. The molecule has 6 nitrogen and oxygen atoms in total. The van der Waals surface area contributed by atoms with E-state index in [1.807, 2.05) is 0 Å². The summed E-state index contributed by atoms with van der Waals surface area (Å²) in [6.45, 7) is 0. The minimum Gasteiger partial charge on any atom is -0.385 e. The molecular weight excluding hydrogens is 403 g/mol. The van der Waals surface area contributed by atoms with Gasteiger partial charge in [0, 0.05) is 18.5 Å². The quantitative estimate of drug-likeness (QED) is 0.585. The second-order valence-corrected chi connectivity index (χ2v) is 8.35. The summed E-state index contributed by atoms with van der Waals surface area (Å²) in [6, 6.07) is 1.57. The number of nitrogens with zero attached hydrogens (tertiary/aromatic N) is 3. The lowest BCUT2D eigenvalue weighted by Crippen LogP contribution is -2.25. The van der Waals surface area contributed by atoms with Crippen molar-refractivity contribution in [3.8, 4) is 0 Å². The van der Waals surface area contributed by atoms with E-state index in [2.05, 4.69) is 26.0 Å². The van der Waals surface area contributed by atoms with Gasteiger partial charge in [-0.2, -0.15) is 5.10 Å². The van der Waals surface area contributed by atoms with Crippen molar-refractivity contribution in [3.05, 3.63) is 39.5 Å². The number of halogens is 2. The highest BCUT2D eigenvalue weighted by Gasteiger charge is 2.51. The molecule has 0 spiro atoms. The minimum atomic E-state index is -1.17. The van der Waals surface area contributed by atoms with Crippen LogP contribution in [0.15, 0.2) is 16.9 Å². The van der Waals surface area contributed by atoms with Crippen molar-refractivity contribution in [2.75, 3.05) is 5.73 Å². The number of carbonyl (C=O) groups excluding carboxylic acids is 1. The maximum absolute atomic E-state index is 14.2. The average molecular weight is 423 g/mol. The molecule has 2 aliphatic carbocycles. The maximum Gasteiger partial charge on any atom is 0.155 e. The number of fused-ring (bicyclic) bond motifs is 1. The molecule has 4 rings (SSSR count). The molecule has 0 aromatic carbocycles. The fourth-order valence-electron chi connectivity index (χ4n) is 4.87. The zero-order chi connectivity index (χ0) is 18.6. The smallest absolute Gasteiger partial charge is 0.155 e. The normalized spacial score (nSPS) is 30.5. The minimum absolute atomic E-state index is 0.146. The summed E-state index contributed by atoms with van der Waals surface area (Å²) in [5.41, 5.74) is 6.27. The van der Waals surface area contributed by atoms with Crippen molar-refractivity contribution < 1.29 is 14.3 Å². The van der Waals surface area contributed by atoms with Crippen LogP contribution in [0.4, 0.5) is 10.2 Å². The highest BCUT2D eigenvalue weighted by atomic mass is 79.9. The SMILES string of the molecule is Cn1nc(C2CC3CC(O)(c4cc(Br)ncc4F)CC3C2)c(C=O)c1N. The number of anilines is 1. The standard InChI is InChI=1S/C18H20BrFN4O2/c1-24-17(21)12(8-25)16(23-24)9-2-10-5-18(26,6-11(10)3-9)13-4-15(19)22-7-14(13)20/h4,7-11,26H,2-3,5-6,21H2,1H3. The Morgan fingerprint density at radius 3 is 2.69 bits per heavy atom. The number of aryl methyl sites for hydroxylation is 1. The van der Waals surface area contributed by atoms with Gasteiger partial charge in [-0.25, -0.2) is 9.37 Å². The first-order chi connectivity index (χ1) is 12.3. The molecule has 0 radical (unpaired) electrons. The van der Waals surface area contributed by atoms with Crippen molar-refractivity contribution in [2.24, 2.45) is 18.9 Å². The van der Waals surface area contributed by atoms with Crippen LogP contribution in [-0.2, 0) is 12.6 Å². The molecule has 8 heteroatoms. The zero-order valence-electron chi connectivity index (χ0n) is 14.3. The van der Waals surface area contributed by atoms with Gasteiger partial charge in [0.05, 0.1) is 23.1 Å². The molecule has 2 heterocycles. The molecule has 2 unspecified atom stereocenters. The van der Waals surface area contributed by atoms with E-state index in [9.17, 15) is 14.3 Å². The van der Waals surface area contributed by atoms with E-state index in [1.54, 1.807) is 13.1 Å². The molecule has 138 valence electrons. The summed E-state index contributed by atoms with van der Waals surface area (Å²) in [7, 11) is 1.73. The molecule has 2 aromatic rings. The molecule has 0 bridgehead atoms. The molecule has 2 aliphatic rings. The number of nitrogen functional groups attached to an aromatic ring is 1. The molecule has 0 amide bonds. The van der Waals surface area contributed by atoms with Crippen LogP contribution < -0.4 is 5.73 Å². The number of aromatic nitrogens is 3. The van der Waals surface area contributed by atoms with Gasteiger partial charge in [0.25, 0.3) is 0 Å². The second-order valence-electron chi connectivity index (χ2n) is 7.54. The van der Waals surface area contributed by atoms with Gasteiger partial charge >= 0.3 is 0 Å². The van der Waals surface area contributed by atoms with Crippen molar-refractivity contribution >= 4 is 28.0 Å². The third-order valence-corrected chi connectivity index (χ3v) is 6.46. The van der Waals surface area contributed by atoms with E-state index in [-0.39, 0.29) is 17.8 Å². The Balaban J connectivity index is 1.57. The van der Waals surface area contributed by atoms with E-state index >= 15 is 0 Å². The molecule has 2 aromatic heterocycles. The Labute approximate surface area is 158 Å². The van der Waals surface area contributed by atoms with Crippen molar-refractivity contribution in [1.82, 2.24) is 14.8 Å². The molecular formula is C18H20BrFN4O2. The summed E-state index contributed by atoms with van der Waals surface area (Å²) < 4.78 is 16.3. The highest BCUT2D eigenvalue weighted by molar-refractivity contribution is 9.10. The van der Waals surface area contributed by atoms with Gasteiger partial charge in [0.2, 0.25) is 0 Å². The molecule has 0 saturated heterocycles. The Morgan fingerprint density at radius 2 is 2.08 bits per heavy atom. The second kappa shape index (κ2) is 6.13. The lowest BCUT2D eigenvalue weighted by atomic mass is 9.87. The van der Waals surface area contributed by atoms with E-state index in [4.69, 9.17) is 5.73 Å². The van der Waals surface area contributed by atoms with Crippen molar-refractivity contribution in [1.29, 1.82) is 0 Å². The van der Waals surface area contributed by atoms with Crippen LogP contribution in [-0.4, -0.2) is 26.2 Å². The summed E-state index contributed by atoms with van der Waals surface area (Å²) in [5.74, 6) is 0.575. The number of nitrogens with two attached hydrogens (primary N) is 1. The predicted octanol–water partition coefficient (Wildman–Crippen LogP) is 2.90. The number of carbonyl (C=O) groups is 1. The van der Waals surface area contributed by atoms with Gasteiger partial charge in [-0.1, -0.05) is 0 Å². The first-order valence-electron chi connectivity index (χ1n) is 8.64. The highest BCUT2D eigenvalue weighted by Crippen LogP contribution is 2.57. The first-order valence-corrected chi connectivity index (χ1v) is 9.43. The van der Waals surface area contributed by atoms with Gasteiger partial charge in [-0.15, -0.1) is 0 Å². The Kier molecular flexibility index (Phi) is 4.15. The molecule has 3 N–H and O–H groups in total. The summed E-state index contributed by atoms with van der Waals surface area (Å²) in [6.07, 6.45) is 4.55. The topological polar surface area (TPSA) is 94.0 Å². The van der Waals surface area contributed by atoms with Gasteiger partial charge in [0.15, 0.2) is 6.29 Å². The summed E-state index contributed by atoms with van der Waals surface area (Å²) >= 11 is 3.25. The van der Waals surface area contributed by atoms with Gasteiger partial charge < -0.3 is 10.8 Å². The molecule has 2 atom stereocenters. The predicted molar refractivity (Wildman–Crippen MR) is 97.0 cm³/mol. The lowest BCUT2D eigenvalue weighted by molar-refractivity contribution is 0.0307. The summed E-state index contributed by atoms with van der Waals surface area (Å²) in [4.78, 5) is 15.3. The number of rotatable bonds is 3. The van der Waals surface area contributed by atoms with Crippen LogP contribution in [0.5, 0.6) is 0 Å². The van der Waals surface area contributed by atoms with Crippen molar-refractivity contribution in [3.63, 3.8) is 0 Å². The molecule has 0 aliphatic heterocycles. The van der Waals surface area contributed by atoms with Crippen LogP contribution in [0.3, 0.4) is 0 Å². The zero-order valence-corrected chi connectivity index (χ0v) is 15.9. The number of hydrogen-bond donors (Lipinski definition) is 2. The van der Waals surface area contributed by atoms with Crippen LogP contribution in [0, 0.1) is 17.7 Å². The number of hydrogen-bond acceptors (Lipinski definition) is 5. The number of aldehydes is 1. The Morgan fingerprint density at radius 1 is 1.42 bits per heavy atom. The number of pyridine rings is 1. The monoisotopic (exact) mass is 422 g/mol. The maximum atomic E-state index is 14.2. The van der Waals surface area contributed by atoms with Crippen LogP contribution in [0.25, 0.3) is 0 Å². The fraction of sp³-hybridized carbons (Fsp3) is 0.500. The van der Waals surface area contributed by atoms with Gasteiger partial charge in [-0.3, -0.25) is 9.48 Å². The van der Waals surface area contributed by atoms with E-state index in [1.165, 1.54) is 4.68 Å². The van der Waals surface area contributed by atoms with Crippen LogP contribution in [0.2, 0.25) is 0 Å². The van der Waals surface area contributed by atoms with Crippen LogP contribution >= 0.6 is 15.9 Å². The van der Waals surface area contributed by atoms with Gasteiger partial charge in [0.1, 0.15) is 16.2 Å². The van der Waals surface area contributed by atoms with Crippen molar-refractivity contribution in [2.45, 2.75) is 37.2 Å². The van der Waals surface area contributed by atoms with Gasteiger partial charge in [-0.05, 0) is 59.5 Å². The van der Waals surface area contributed by atoms with E-state index in [0.717, 1.165) is 31.0 Å². The summed E-state index contributed by atoms with van der Waals surface area (Å²) in [5, 5.41) is 15.5. The van der Waals surface area contributed by atoms with Crippen LogP contribution in [0.1, 0.15) is 53.2 Å². The molecule has 26 heavy (non-hydrogen) atoms. The average Bonchev–Trinajstić information content (AvgIpc) is 3.20. The molecule has 2 saturated carbocycles. The fourth-order valence-corrected chi connectivity index (χ4v) is 5.20. The third kappa shape index (κ3) is 2.66.